The van der Waals surface area contributed by atoms with E-state index in [-0.39, 0.29) is 5.52 Å². The lowest BCUT2D eigenvalue weighted by Gasteiger charge is -2.26. The number of rotatable bonds is 4. The summed E-state index contributed by atoms with van der Waals surface area (Å²) >= 11 is 0. The van der Waals surface area contributed by atoms with Crippen LogP contribution in [0.1, 0.15) is 25.2 Å². The summed E-state index contributed by atoms with van der Waals surface area (Å²) in [5.41, 5.74) is -0.304. The molecule has 0 fully saturated rings. The molecule has 0 atom stereocenters. The number of nitrogens with zero attached hydrogens (tertiary/aromatic N) is 5. The van der Waals surface area contributed by atoms with Crippen LogP contribution in [0.15, 0.2) is 48.7 Å². The van der Waals surface area contributed by atoms with Crippen molar-refractivity contribution in [2.24, 2.45) is 7.05 Å². The number of tetrazole rings is 1. The van der Waals surface area contributed by atoms with Crippen LogP contribution in [0.25, 0.3) is 10.9 Å². The van der Waals surface area contributed by atoms with E-state index >= 15 is 0 Å². The molecule has 0 aliphatic carbocycles. The quantitative estimate of drug-likeness (QED) is 0.531. The van der Waals surface area contributed by atoms with E-state index in [1.165, 1.54) is 23.0 Å². The van der Waals surface area contributed by atoms with E-state index in [1.807, 2.05) is 13.8 Å². The zero-order chi connectivity index (χ0) is 19.9. The first-order chi connectivity index (χ1) is 13.4. The lowest BCUT2D eigenvalue weighted by Crippen LogP contribution is -2.26. The van der Waals surface area contributed by atoms with Crippen molar-refractivity contribution < 1.29 is 13.5 Å². The SMILES string of the molecule is Cn1nnnc1C(C)(C)c1c(F)cccc1Oc1cnc2c(F)cccc2c1. The molecule has 2 aromatic heterocycles. The second kappa shape index (κ2) is 6.63. The Kier molecular flexibility index (Phi) is 4.26. The third-order valence-corrected chi connectivity index (χ3v) is 4.64. The molecule has 0 spiro atoms. The molecular weight excluding hydrogens is 364 g/mol. The molecule has 0 unspecified atom stereocenters. The number of hydrogen-bond donors (Lipinski definition) is 0. The zero-order valence-corrected chi connectivity index (χ0v) is 15.5. The molecule has 0 aliphatic rings. The van der Waals surface area contributed by atoms with Gasteiger partial charge in [-0.05, 0) is 48.5 Å². The number of halogens is 2. The Morgan fingerprint density at radius 3 is 2.54 bits per heavy atom. The van der Waals surface area contributed by atoms with Crippen molar-refractivity contribution in [1.82, 2.24) is 25.2 Å². The summed E-state index contributed by atoms with van der Waals surface area (Å²) in [5, 5.41) is 12.1. The molecule has 0 aliphatic heterocycles. The maximum atomic E-state index is 14.9. The predicted octanol–water partition coefficient (Wildman–Crippen LogP) is 4.15. The lowest BCUT2D eigenvalue weighted by atomic mass is 9.82. The third-order valence-electron chi connectivity index (χ3n) is 4.64. The van der Waals surface area contributed by atoms with Crippen molar-refractivity contribution in [3.8, 4) is 11.5 Å². The van der Waals surface area contributed by atoms with E-state index in [0.29, 0.717) is 28.3 Å². The maximum Gasteiger partial charge on any atom is 0.161 e. The third kappa shape index (κ3) is 2.96. The Labute approximate surface area is 159 Å². The van der Waals surface area contributed by atoms with Crippen molar-refractivity contribution >= 4 is 10.9 Å². The van der Waals surface area contributed by atoms with Crippen LogP contribution in [0.3, 0.4) is 0 Å². The smallest absolute Gasteiger partial charge is 0.161 e. The van der Waals surface area contributed by atoms with Crippen LogP contribution >= 0.6 is 0 Å². The van der Waals surface area contributed by atoms with Crippen LogP contribution in [0.5, 0.6) is 11.5 Å². The normalized spacial score (nSPS) is 11.8. The molecule has 4 aromatic rings. The fourth-order valence-corrected chi connectivity index (χ4v) is 3.35. The number of aryl methyl sites for hydroxylation is 1. The number of para-hydroxylation sites is 1. The van der Waals surface area contributed by atoms with Gasteiger partial charge in [0.2, 0.25) is 0 Å². The van der Waals surface area contributed by atoms with Crippen LogP contribution < -0.4 is 4.74 Å². The highest BCUT2D eigenvalue weighted by molar-refractivity contribution is 5.80. The van der Waals surface area contributed by atoms with Gasteiger partial charge in [-0.2, -0.15) is 0 Å². The highest BCUT2D eigenvalue weighted by Gasteiger charge is 2.34. The van der Waals surface area contributed by atoms with Crippen molar-refractivity contribution in [3.63, 3.8) is 0 Å². The summed E-state index contributed by atoms with van der Waals surface area (Å²) in [6, 6.07) is 10.9. The van der Waals surface area contributed by atoms with Gasteiger partial charge in [-0.1, -0.05) is 18.2 Å². The zero-order valence-electron chi connectivity index (χ0n) is 15.5. The van der Waals surface area contributed by atoms with Gasteiger partial charge in [0.05, 0.1) is 11.6 Å². The van der Waals surface area contributed by atoms with Crippen LogP contribution in [0.4, 0.5) is 8.78 Å². The Bertz CT molecular complexity index is 1170. The summed E-state index contributed by atoms with van der Waals surface area (Å²) in [7, 11) is 1.69. The van der Waals surface area contributed by atoms with E-state index in [0.717, 1.165) is 0 Å². The minimum Gasteiger partial charge on any atom is -0.455 e. The molecule has 0 saturated carbocycles. The van der Waals surface area contributed by atoms with Crippen LogP contribution in [0.2, 0.25) is 0 Å². The monoisotopic (exact) mass is 381 g/mol. The standard InChI is InChI=1S/C20H17F2N5O/c1-20(2,19-24-25-26-27(19)3)17-14(21)7-5-9-16(17)28-13-10-12-6-4-8-15(22)18(12)23-11-13/h4-11H,1-3H3. The Morgan fingerprint density at radius 1 is 1.04 bits per heavy atom. The second-order valence-electron chi connectivity index (χ2n) is 6.95. The van der Waals surface area contributed by atoms with Gasteiger partial charge in [0.25, 0.3) is 0 Å². The molecule has 8 heteroatoms. The minimum atomic E-state index is -0.866. The minimum absolute atomic E-state index is 0.250. The summed E-state index contributed by atoms with van der Waals surface area (Å²) in [6.45, 7) is 3.63. The van der Waals surface area contributed by atoms with Crippen molar-refractivity contribution in [3.05, 3.63) is 71.7 Å². The molecule has 142 valence electrons. The van der Waals surface area contributed by atoms with Gasteiger partial charge >= 0.3 is 0 Å². The number of benzene rings is 2. The van der Waals surface area contributed by atoms with Gasteiger partial charge in [0.15, 0.2) is 5.82 Å². The van der Waals surface area contributed by atoms with Crippen molar-refractivity contribution in [2.75, 3.05) is 0 Å². The number of fused-ring (bicyclic) bond motifs is 1. The highest BCUT2D eigenvalue weighted by atomic mass is 19.1. The molecule has 4 rings (SSSR count). The number of hydrogen-bond acceptors (Lipinski definition) is 5. The van der Waals surface area contributed by atoms with Gasteiger partial charge < -0.3 is 4.74 Å². The van der Waals surface area contributed by atoms with Gasteiger partial charge in [-0.3, -0.25) is 0 Å². The summed E-state index contributed by atoms with van der Waals surface area (Å²) < 4.78 is 36.2. The van der Waals surface area contributed by atoms with E-state index in [4.69, 9.17) is 4.74 Å². The summed E-state index contributed by atoms with van der Waals surface area (Å²) in [4.78, 5) is 4.12. The van der Waals surface area contributed by atoms with E-state index < -0.39 is 17.0 Å². The van der Waals surface area contributed by atoms with Gasteiger partial charge in [0, 0.05) is 18.0 Å². The van der Waals surface area contributed by atoms with Gasteiger partial charge in [0.1, 0.15) is 28.7 Å². The molecule has 2 aromatic carbocycles. The molecule has 0 N–H and O–H groups in total. The Balaban J connectivity index is 1.80. The number of ether oxygens (including phenoxy) is 1. The molecule has 0 saturated heterocycles. The van der Waals surface area contributed by atoms with Crippen LogP contribution in [-0.2, 0) is 12.5 Å². The molecule has 0 amide bonds. The average molecular weight is 381 g/mol. The van der Waals surface area contributed by atoms with E-state index in [9.17, 15) is 8.78 Å². The summed E-state index contributed by atoms with van der Waals surface area (Å²) in [5.74, 6) is 0.320. The number of pyridine rings is 1. The van der Waals surface area contributed by atoms with Gasteiger partial charge in [-0.15, -0.1) is 5.10 Å². The first-order valence-electron chi connectivity index (χ1n) is 8.62. The molecule has 0 radical (unpaired) electrons. The van der Waals surface area contributed by atoms with Crippen molar-refractivity contribution in [2.45, 2.75) is 19.3 Å². The molecular formula is C20H17F2N5O. The number of aromatic nitrogens is 5. The first kappa shape index (κ1) is 18.0. The second-order valence-corrected chi connectivity index (χ2v) is 6.95. The molecule has 2 heterocycles. The fourth-order valence-electron chi connectivity index (χ4n) is 3.35. The van der Waals surface area contributed by atoms with Gasteiger partial charge in [-0.25, -0.2) is 18.4 Å². The summed E-state index contributed by atoms with van der Waals surface area (Å²) in [6.07, 6.45) is 1.41. The molecule has 6 nitrogen and oxygen atoms in total. The Hall–Kier alpha value is -3.42. The van der Waals surface area contributed by atoms with Crippen molar-refractivity contribution in [1.29, 1.82) is 0 Å². The Morgan fingerprint density at radius 2 is 1.79 bits per heavy atom. The predicted molar refractivity (Wildman–Crippen MR) is 99.1 cm³/mol. The molecule has 28 heavy (non-hydrogen) atoms. The van der Waals surface area contributed by atoms with E-state index in [2.05, 4.69) is 20.5 Å². The topological polar surface area (TPSA) is 65.7 Å². The largest absolute Gasteiger partial charge is 0.455 e. The van der Waals surface area contributed by atoms with E-state index in [1.54, 1.807) is 37.4 Å². The van der Waals surface area contributed by atoms with Crippen LogP contribution in [-0.4, -0.2) is 25.2 Å². The molecule has 0 bridgehead atoms. The average Bonchev–Trinajstić information content (AvgIpc) is 3.08. The fraction of sp³-hybridized carbons (Fsp3) is 0.200. The van der Waals surface area contributed by atoms with Crippen LogP contribution in [0, 0.1) is 11.6 Å². The maximum absolute atomic E-state index is 14.9. The lowest BCUT2D eigenvalue weighted by molar-refractivity contribution is 0.432. The highest BCUT2D eigenvalue weighted by Crippen LogP contribution is 2.39. The first-order valence-corrected chi connectivity index (χ1v) is 8.62.